The Kier molecular flexibility index (Phi) is 2.69. The van der Waals surface area contributed by atoms with Crippen molar-refractivity contribution in [3.05, 3.63) is 59.9 Å². The molecular formula is C14H11F3N2. The molecule has 1 N–H and O–H groups in total. The number of pyridine rings is 1. The summed E-state index contributed by atoms with van der Waals surface area (Å²) < 4.78 is 39.9. The quantitative estimate of drug-likeness (QED) is 0.845. The fourth-order valence-electron chi connectivity index (χ4n) is 2.53. The number of aromatic nitrogens is 1. The first kappa shape index (κ1) is 12.0. The molecule has 3 rings (SSSR count). The van der Waals surface area contributed by atoms with Gasteiger partial charge in [0.2, 0.25) is 0 Å². The van der Waals surface area contributed by atoms with Gasteiger partial charge >= 0.3 is 6.18 Å². The average molecular weight is 264 g/mol. The molecule has 0 spiro atoms. The molecule has 0 radical (unpaired) electrons. The number of hydrogen-bond acceptors (Lipinski definition) is 2. The van der Waals surface area contributed by atoms with Crippen LogP contribution in [0, 0.1) is 0 Å². The molecular weight excluding hydrogens is 253 g/mol. The van der Waals surface area contributed by atoms with E-state index in [-0.39, 0.29) is 0 Å². The minimum Gasteiger partial charge on any atom is -0.377 e. The second-order valence-electron chi connectivity index (χ2n) is 4.51. The molecule has 5 heteroatoms. The number of anilines is 1. The smallest absolute Gasteiger partial charge is 0.377 e. The molecule has 0 bridgehead atoms. The monoisotopic (exact) mass is 264 g/mol. The van der Waals surface area contributed by atoms with Gasteiger partial charge in [0.25, 0.3) is 0 Å². The summed E-state index contributed by atoms with van der Waals surface area (Å²) in [5.74, 6) is -1.53. The van der Waals surface area contributed by atoms with Crippen LogP contribution >= 0.6 is 0 Å². The average Bonchev–Trinajstić information content (AvgIpc) is 2.79. The second kappa shape index (κ2) is 4.26. The lowest BCUT2D eigenvalue weighted by atomic mass is 9.91. The maximum absolute atomic E-state index is 13.3. The minimum absolute atomic E-state index is 0.295. The van der Waals surface area contributed by atoms with Gasteiger partial charge in [-0.1, -0.05) is 24.3 Å². The summed E-state index contributed by atoms with van der Waals surface area (Å²) in [5, 5.41) is 2.95. The van der Waals surface area contributed by atoms with Crippen LogP contribution < -0.4 is 5.32 Å². The van der Waals surface area contributed by atoms with Crippen LogP contribution in [-0.2, 0) is 0 Å². The van der Waals surface area contributed by atoms with Crippen molar-refractivity contribution >= 4 is 5.69 Å². The Morgan fingerprint density at radius 3 is 2.53 bits per heavy atom. The number of fused-ring (bicyclic) bond motifs is 1. The molecule has 2 heterocycles. The topological polar surface area (TPSA) is 24.9 Å². The lowest BCUT2D eigenvalue weighted by molar-refractivity contribution is -0.152. The molecule has 19 heavy (non-hydrogen) atoms. The highest BCUT2D eigenvalue weighted by Crippen LogP contribution is 2.51. The first-order valence-corrected chi connectivity index (χ1v) is 5.89. The molecule has 2 unspecified atom stereocenters. The van der Waals surface area contributed by atoms with Gasteiger partial charge in [-0.25, -0.2) is 0 Å². The molecule has 0 aliphatic carbocycles. The van der Waals surface area contributed by atoms with Crippen LogP contribution in [0.5, 0.6) is 0 Å². The van der Waals surface area contributed by atoms with Gasteiger partial charge in [0.05, 0.1) is 6.04 Å². The van der Waals surface area contributed by atoms with Gasteiger partial charge < -0.3 is 5.32 Å². The predicted octanol–water partition coefficient (Wildman–Crippen LogP) is 3.89. The van der Waals surface area contributed by atoms with Crippen LogP contribution in [0.3, 0.4) is 0 Å². The van der Waals surface area contributed by atoms with Gasteiger partial charge in [0, 0.05) is 18.1 Å². The van der Waals surface area contributed by atoms with Crippen LogP contribution in [0.25, 0.3) is 0 Å². The Balaban J connectivity index is 2.08. The van der Waals surface area contributed by atoms with E-state index in [2.05, 4.69) is 10.3 Å². The predicted molar refractivity (Wildman–Crippen MR) is 65.8 cm³/mol. The number of rotatable bonds is 1. The number of alkyl halides is 3. The van der Waals surface area contributed by atoms with Crippen LogP contribution in [-0.4, -0.2) is 11.2 Å². The maximum Gasteiger partial charge on any atom is 0.398 e. The molecule has 1 aliphatic rings. The van der Waals surface area contributed by atoms with E-state index in [1.165, 1.54) is 12.3 Å². The maximum atomic E-state index is 13.3. The van der Waals surface area contributed by atoms with E-state index < -0.39 is 18.1 Å². The SMILES string of the molecule is FC(F)(F)C1c2ccccc2NC1c1cccnc1. The van der Waals surface area contributed by atoms with E-state index in [9.17, 15) is 13.2 Å². The summed E-state index contributed by atoms with van der Waals surface area (Å²) in [4.78, 5) is 3.90. The van der Waals surface area contributed by atoms with Crippen LogP contribution in [0.1, 0.15) is 23.1 Å². The molecule has 98 valence electrons. The zero-order valence-corrected chi connectivity index (χ0v) is 9.85. The zero-order chi connectivity index (χ0) is 13.5. The largest absolute Gasteiger partial charge is 0.398 e. The molecule has 1 aliphatic heterocycles. The third-order valence-electron chi connectivity index (χ3n) is 3.34. The Hall–Kier alpha value is -2.04. The lowest BCUT2D eigenvalue weighted by Crippen LogP contribution is -2.26. The van der Waals surface area contributed by atoms with Crippen LogP contribution in [0.4, 0.5) is 18.9 Å². The fourth-order valence-corrected chi connectivity index (χ4v) is 2.53. The van der Waals surface area contributed by atoms with Crippen LogP contribution in [0.2, 0.25) is 0 Å². The molecule has 0 saturated carbocycles. The summed E-state index contributed by atoms with van der Waals surface area (Å²) in [6.07, 6.45) is -1.27. The lowest BCUT2D eigenvalue weighted by Gasteiger charge is -2.23. The van der Waals surface area contributed by atoms with Crippen molar-refractivity contribution in [2.24, 2.45) is 0 Å². The van der Waals surface area contributed by atoms with Crippen molar-refractivity contribution in [3.63, 3.8) is 0 Å². The van der Waals surface area contributed by atoms with Gasteiger partial charge in [-0.2, -0.15) is 13.2 Å². The number of nitrogens with one attached hydrogen (secondary N) is 1. The highest BCUT2D eigenvalue weighted by atomic mass is 19.4. The van der Waals surface area contributed by atoms with Crippen molar-refractivity contribution in [2.75, 3.05) is 5.32 Å². The van der Waals surface area contributed by atoms with Crippen molar-refractivity contribution < 1.29 is 13.2 Å². The Morgan fingerprint density at radius 2 is 1.84 bits per heavy atom. The molecule has 2 atom stereocenters. The Morgan fingerprint density at radius 1 is 1.05 bits per heavy atom. The highest BCUT2D eigenvalue weighted by molar-refractivity contribution is 5.61. The van der Waals surface area contributed by atoms with Gasteiger partial charge in [-0.3, -0.25) is 4.98 Å². The molecule has 2 aromatic rings. The fraction of sp³-hybridized carbons (Fsp3) is 0.214. The standard InChI is InChI=1S/C14H11F3N2/c15-14(16,17)12-10-5-1-2-6-11(10)19-13(12)9-4-3-7-18-8-9/h1-8,12-13,19H. The zero-order valence-electron chi connectivity index (χ0n) is 9.85. The number of nitrogens with zero attached hydrogens (tertiary/aromatic N) is 1. The van der Waals surface area contributed by atoms with E-state index in [0.717, 1.165) is 0 Å². The van der Waals surface area contributed by atoms with Gasteiger partial charge in [-0.15, -0.1) is 0 Å². The summed E-state index contributed by atoms with van der Waals surface area (Å²) >= 11 is 0. The minimum atomic E-state index is -4.29. The van der Waals surface area contributed by atoms with Crippen LogP contribution in [0.15, 0.2) is 48.8 Å². The number of halogens is 3. The normalized spacial score (nSPS) is 21.8. The Bertz CT molecular complexity index is 581. The van der Waals surface area contributed by atoms with Gasteiger partial charge in [0.1, 0.15) is 5.92 Å². The number of benzene rings is 1. The first-order valence-electron chi connectivity index (χ1n) is 5.89. The highest BCUT2D eigenvalue weighted by Gasteiger charge is 2.50. The molecule has 0 amide bonds. The Labute approximate surface area is 108 Å². The molecule has 1 aromatic carbocycles. The van der Waals surface area contributed by atoms with E-state index in [4.69, 9.17) is 0 Å². The molecule has 2 nitrogen and oxygen atoms in total. The van der Waals surface area contributed by atoms with E-state index >= 15 is 0 Å². The summed E-state index contributed by atoms with van der Waals surface area (Å²) in [6, 6.07) is 9.05. The second-order valence-corrected chi connectivity index (χ2v) is 4.51. The summed E-state index contributed by atoms with van der Waals surface area (Å²) in [5.41, 5.74) is 1.38. The third kappa shape index (κ3) is 2.05. The van der Waals surface area contributed by atoms with Gasteiger partial charge in [-0.05, 0) is 23.3 Å². The van der Waals surface area contributed by atoms with Gasteiger partial charge in [0.15, 0.2) is 0 Å². The van der Waals surface area contributed by atoms with Crippen molar-refractivity contribution in [1.29, 1.82) is 0 Å². The summed E-state index contributed by atoms with van der Waals surface area (Å²) in [6.45, 7) is 0. The van der Waals surface area contributed by atoms with E-state index in [1.54, 1.807) is 36.5 Å². The van der Waals surface area contributed by atoms with Crippen molar-refractivity contribution in [2.45, 2.75) is 18.1 Å². The first-order chi connectivity index (χ1) is 9.07. The number of hydrogen-bond donors (Lipinski definition) is 1. The molecule has 1 aromatic heterocycles. The summed E-state index contributed by atoms with van der Waals surface area (Å²) in [7, 11) is 0. The number of para-hydroxylation sites is 1. The van der Waals surface area contributed by atoms with Crippen molar-refractivity contribution in [1.82, 2.24) is 4.98 Å². The van der Waals surface area contributed by atoms with E-state index in [1.807, 2.05) is 0 Å². The molecule has 0 saturated heterocycles. The van der Waals surface area contributed by atoms with E-state index in [0.29, 0.717) is 16.8 Å². The molecule has 0 fully saturated rings. The van der Waals surface area contributed by atoms with Crippen molar-refractivity contribution in [3.8, 4) is 0 Å². The third-order valence-corrected chi connectivity index (χ3v) is 3.34.